The first-order valence-corrected chi connectivity index (χ1v) is 8.26. The first kappa shape index (κ1) is 16.3. The molecule has 0 aliphatic carbocycles. The second-order valence-corrected chi connectivity index (χ2v) is 6.47. The van der Waals surface area contributed by atoms with Gasteiger partial charge in [-0.2, -0.15) is 0 Å². The van der Waals surface area contributed by atoms with Gasteiger partial charge in [-0.05, 0) is 24.6 Å². The highest BCUT2D eigenvalue weighted by atomic mass is 16.2. The number of hydrogen-bond donors (Lipinski definition) is 2. The molecular weight excluding hydrogens is 308 g/mol. The summed E-state index contributed by atoms with van der Waals surface area (Å²) in [5.74, 6) is 0.0356. The molecule has 0 atom stereocenters. The van der Waals surface area contributed by atoms with Crippen molar-refractivity contribution in [3.63, 3.8) is 0 Å². The number of nitrogens with zero attached hydrogens (tertiary/aromatic N) is 2. The highest BCUT2D eigenvalue weighted by Gasteiger charge is 2.24. The van der Waals surface area contributed by atoms with E-state index in [4.69, 9.17) is 0 Å². The molecule has 7 heteroatoms. The van der Waals surface area contributed by atoms with Crippen molar-refractivity contribution in [3.05, 3.63) is 34.2 Å². The van der Waals surface area contributed by atoms with Crippen LogP contribution in [0.4, 0.5) is 0 Å². The summed E-state index contributed by atoms with van der Waals surface area (Å²) < 4.78 is 0. The summed E-state index contributed by atoms with van der Waals surface area (Å²) in [6.07, 6.45) is 0.771. The van der Waals surface area contributed by atoms with Crippen LogP contribution in [0.5, 0.6) is 0 Å². The average molecular weight is 330 g/mol. The molecule has 1 aromatic carbocycles. The Morgan fingerprint density at radius 1 is 1.00 bits per heavy atom. The number of amides is 2. The molecule has 1 aliphatic heterocycles. The number of carbonyl (C=O) groups excluding carboxylic acids is 2. The van der Waals surface area contributed by atoms with Crippen molar-refractivity contribution in [1.82, 2.24) is 19.8 Å². The van der Waals surface area contributed by atoms with Crippen molar-refractivity contribution in [3.8, 4) is 0 Å². The number of imidazole rings is 1. The van der Waals surface area contributed by atoms with Gasteiger partial charge < -0.3 is 19.8 Å². The zero-order chi connectivity index (χ0) is 17.3. The highest BCUT2D eigenvalue weighted by molar-refractivity contribution is 5.97. The van der Waals surface area contributed by atoms with Gasteiger partial charge in [-0.1, -0.05) is 13.8 Å². The molecule has 0 radical (unpaired) electrons. The highest BCUT2D eigenvalue weighted by Crippen LogP contribution is 2.15. The molecule has 7 nitrogen and oxygen atoms in total. The van der Waals surface area contributed by atoms with Crippen LogP contribution >= 0.6 is 0 Å². The van der Waals surface area contributed by atoms with Crippen LogP contribution in [0.1, 0.15) is 30.6 Å². The van der Waals surface area contributed by atoms with Crippen molar-refractivity contribution >= 4 is 22.8 Å². The van der Waals surface area contributed by atoms with E-state index in [9.17, 15) is 14.4 Å². The Bertz CT molecular complexity index is 821. The first-order valence-electron chi connectivity index (χ1n) is 8.26. The van der Waals surface area contributed by atoms with Gasteiger partial charge >= 0.3 is 5.69 Å². The number of fused-ring (bicyclic) bond motifs is 1. The Labute approximate surface area is 139 Å². The minimum atomic E-state index is -0.285. The fourth-order valence-corrected chi connectivity index (χ4v) is 3.05. The molecule has 3 rings (SSSR count). The standard InChI is InChI=1S/C17H22N4O3/c1-11(2)15(22)20-6-3-7-21(9-8-20)16(23)12-4-5-13-14(10-12)19-17(24)18-13/h4-5,10-11H,3,6-9H2,1-2H3,(H2,18,19,24). The predicted octanol–water partition coefficient (Wildman–Crippen LogP) is 1.19. The molecule has 0 unspecified atom stereocenters. The lowest BCUT2D eigenvalue weighted by atomic mass is 10.1. The minimum absolute atomic E-state index is 0.0277. The van der Waals surface area contributed by atoms with Crippen LogP contribution in [0, 0.1) is 5.92 Å². The van der Waals surface area contributed by atoms with Crippen LogP contribution in [0.15, 0.2) is 23.0 Å². The van der Waals surface area contributed by atoms with Gasteiger partial charge in [-0.15, -0.1) is 0 Å². The van der Waals surface area contributed by atoms with Crippen LogP contribution < -0.4 is 5.69 Å². The summed E-state index contributed by atoms with van der Waals surface area (Å²) in [5, 5.41) is 0. The van der Waals surface area contributed by atoms with Crippen molar-refractivity contribution in [2.24, 2.45) is 5.92 Å². The van der Waals surface area contributed by atoms with Gasteiger partial charge in [-0.25, -0.2) is 4.79 Å². The quantitative estimate of drug-likeness (QED) is 0.867. The maximum Gasteiger partial charge on any atom is 0.323 e. The predicted molar refractivity (Wildman–Crippen MR) is 90.9 cm³/mol. The average Bonchev–Trinajstić information content (AvgIpc) is 2.77. The van der Waals surface area contributed by atoms with Crippen LogP contribution in [0.25, 0.3) is 11.0 Å². The van der Waals surface area contributed by atoms with Crippen LogP contribution in [0.2, 0.25) is 0 Å². The number of aromatic amines is 2. The van der Waals surface area contributed by atoms with E-state index in [0.29, 0.717) is 42.8 Å². The molecular formula is C17H22N4O3. The Morgan fingerprint density at radius 3 is 2.42 bits per heavy atom. The summed E-state index contributed by atoms with van der Waals surface area (Å²) in [6.45, 7) is 6.18. The molecule has 24 heavy (non-hydrogen) atoms. The normalized spacial score (nSPS) is 15.8. The first-order chi connectivity index (χ1) is 11.5. The van der Waals surface area contributed by atoms with Crippen molar-refractivity contribution in [1.29, 1.82) is 0 Å². The lowest BCUT2D eigenvalue weighted by molar-refractivity contribution is -0.134. The number of carbonyl (C=O) groups is 2. The van der Waals surface area contributed by atoms with E-state index in [2.05, 4.69) is 9.97 Å². The Morgan fingerprint density at radius 2 is 1.67 bits per heavy atom. The van der Waals surface area contributed by atoms with Crippen molar-refractivity contribution in [2.45, 2.75) is 20.3 Å². The number of benzene rings is 1. The van der Waals surface area contributed by atoms with Gasteiger partial charge in [0, 0.05) is 37.7 Å². The Balaban J connectivity index is 1.74. The van der Waals surface area contributed by atoms with Crippen molar-refractivity contribution < 1.29 is 9.59 Å². The molecule has 1 aliphatic rings. The van der Waals surface area contributed by atoms with E-state index in [1.54, 1.807) is 23.1 Å². The molecule has 2 N–H and O–H groups in total. The largest absolute Gasteiger partial charge is 0.341 e. The topological polar surface area (TPSA) is 89.3 Å². The smallest absolute Gasteiger partial charge is 0.323 e. The third-order valence-corrected chi connectivity index (χ3v) is 4.35. The van der Waals surface area contributed by atoms with E-state index in [1.165, 1.54) is 0 Å². The van der Waals surface area contributed by atoms with Gasteiger partial charge in [0.2, 0.25) is 5.91 Å². The molecule has 2 aromatic rings. The molecule has 2 heterocycles. The van der Waals surface area contributed by atoms with E-state index < -0.39 is 0 Å². The number of rotatable bonds is 2. The summed E-state index contributed by atoms with van der Waals surface area (Å²) in [7, 11) is 0. The van der Waals surface area contributed by atoms with Gasteiger partial charge in [0.25, 0.3) is 5.91 Å². The summed E-state index contributed by atoms with van der Waals surface area (Å²) in [4.78, 5) is 45.1. The van der Waals surface area contributed by atoms with Gasteiger partial charge in [0.1, 0.15) is 0 Å². The van der Waals surface area contributed by atoms with Gasteiger partial charge in [0.05, 0.1) is 11.0 Å². The summed E-state index contributed by atoms with van der Waals surface area (Å²) in [6, 6.07) is 5.14. The molecule has 0 saturated carbocycles. The van der Waals surface area contributed by atoms with E-state index in [0.717, 1.165) is 6.42 Å². The van der Waals surface area contributed by atoms with E-state index in [1.807, 2.05) is 18.7 Å². The molecule has 0 spiro atoms. The van der Waals surface area contributed by atoms with Gasteiger partial charge in [0.15, 0.2) is 0 Å². The molecule has 1 aromatic heterocycles. The third-order valence-electron chi connectivity index (χ3n) is 4.35. The second-order valence-electron chi connectivity index (χ2n) is 6.47. The zero-order valence-corrected chi connectivity index (χ0v) is 14.0. The SMILES string of the molecule is CC(C)C(=O)N1CCCN(C(=O)c2ccc3[nH]c(=O)[nH]c3c2)CC1. The van der Waals surface area contributed by atoms with E-state index >= 15 is 0 Å². The second kappa shape index (κ2) is 6.51. The molecule has 2 amide bonds. The molecule has 1 fully saturated rings. The number of H-pyrrole nitrogens is 2. The molecule has 1 saturated heterocycles. The lowest BCUT2D eigenvalue weighted by Gasteiger charge is -2.23. The monoisotopic (exact) mass is 330 g/mol. The number of aromatic nitrogens is 2. The maximum absolute atomic E-state index is 12.7. The lowest BCUT2D eigenvalue weighted by Crippen LogP contribution is -2.38. The Kier molecular flexibility index (Phi) is 4.42. The fourth-order valence-electron chi connectivity index (χ4n) is 3.05. The van der Waals surface area contributed by atoms with Crippen LogP contribution in [-0.4, -0.2) is 57.8 Å². The summed E-state index contributed by atoms with van der Waals surface area (Å²) >= 11 is 0. The molecule has 0 bridgehead atoms. The fraction of sp³-hybridized carbons (Fsp3) is 0.471. The third kappa shape index (κ3) is 3.20. The van der Waals surface area contributed by atoms with Crippen LogP contribution in [0.3, 0.4) is 0 Å². The molecule has 128 valence electrons. The van der Waals surface area contributed by atoms with Gasteiger partial charge in [-0.3, -0.25) is 9.59 Å². The Hall–Kier alpha value is -2.57. The number of hydrogen-bond acceptors (Lipinski definition) is 3. The maximum atomic E-state index is 12.7. The zero-order valence-electron chi connectivity index (χ0n) is 14.0. The van der Waals surface area contributed by atoms with E-state index in [-0.39, 0.29) is 23.4 Å². The van der Waals surface area contributed by atoms with Crippen LogP contribution in [-0.2, 0) is 4.79 Å². The number of nitrogens with one attached hydrogen (secondary N) is 2. The van der Waals surface area contributed by atoms with Crippen molar-refractivity contribution in [2.75, 3.05) is 26.2 Å². The minimum Gasteiger partial charge on any atom is -0.341 e. The summed E-state index contributed by atoms with van der Waals surface area (Å²) in [5.41, 5.74) is 1.56.